The molecule has 0 aliphatic rings. The second kappa shape index (κ2) is 41.3. The van der Waals surface area contributed by atoms with Gasteiger partial charge in [0.05, 0.1) is 31.9 Å². The molecule has 0 bridgehead atoms. The molecule has 13 heteroatoms. The van der Waals surface area contributed by atoms with E-state index in [1.165, 1.54) is 82.0 Å². The Morgan fingerprint density at radius 1 is 0.394 bits per heavy atom. The third kappa shape index (κ3) is 44.2. The van der Waals surface area contributed by atoms with Gasteiger partial charge in [-0.25, -0.2) is 0 Å². The van der Waals surface area contributed by atoms with E-state index in [2.05, 4.69) is 90.0 Å². The summed E-state index contributed by atoms with van der Waals surface area (Å²) in [5, 5.41) is 30.4. The van der Waals surface area contributed by atoms with Crippen molar-refractivity contribution in [3.8, 4) is 17.2 Å². The minimum atomic E-state index is -1.43. The zero-order valence-electron chi connectivity index (χ0n) is 47.6. The van der Waals surface area contributed by atoms with Crippen molar-refractivity contribution < 1.29 is 47.5 Å². The molecule has 0 aromatic heterocycles. The lowest BCUT2D eigenvalue weighted by Crippen LogP contribution is -2.50. The first-order chi connectivity index (χ1) is 33.7. The molecular weight excluding hydrogens is 887 g/mol. The van der Waals surface area contributed by atoms with E-state index in [0.29, 0.717) is 53.3 Å². The normalized spacial score (nSPS) is 11.5. The minimum Gasteiger partial charge on any atom is -0.820 e. The lowest BCUT2D eigenvalue weighted by atomic mass is 9.90. The van der Waals surface area contributed by atoms with E-state index in [1.807, 2.05) is 54.6 Å². The first kappa shape index (κ1) is 68.0. The predicted molar refractivity (Wildman–Crippen MR) is 300 cm³/mol. The summed E-state index contributed by atoms with van der Waals surface area (Å²) in [6.07, 6.45) is 20.6. The molecule has 0 amide bonds. The van der Waals surface area contributed by atoms with Crippen molar-refractivity contribution in [3.63, 3.8) is 0 Å². The Bertz CT molecular complexity index is 1390. The highest BCUT2D eigenvalue weighted by molar-refractivity contribution is 6.36. The standard InChI is InChI=1S/C16H36N.2C14H23BO3.C14H22BO3/c1-5-9-13-17(14-10-6-2,15-11-7-3)16-12-8-4;3*1-14(2,3)11-7-8-12-17-15(16)18-13-9-5-4-6-10-13/h5-16H2,1-4H3;2*4-6,9-10,16H,7-8,11-12H2,1-3H3;4-6,9-10H,7-8,11-12H2,1-3H3/q+1;;;-1. The van der Waals surface area contributed by atoms with Gasteiger partial charge < -0.3 is 47.5 Å². The first-order valence-corrected chi connectivity index (χ1v) is 27.5. The molecule has 10 nitrogen and oxygen atoms in total. The maximum absolute atomic E-state index is 11.4. The third-order valence-electron chi connectivity index (χ3n) is 11.6. The Kier molecular flexibility index (Phi) is 39.6. The van der Waals surface area contributed by atoms with Crippen LogP contribution in [-0.2, 0) is 14.0 Å². The van der Waals surface area contributed by atoms with Crippen LogP contribution in [-0.4, -0.2) is 82.5 Å². The molecule has 0 saturated carbocycles. The van der Waals surface area contributed by atoms with Crippen molar-refractivity contribution in [2.24, 2.45) is 16.2 Å². The van der Waals surface area contributed by atoms with Crippen molar-refractivity contribution >= 4 is 22.0 Å². The van der Waals surface area contributed by atoms with Gasteiger partial charge in [-0.05, 0) is 117 Å². The summed E-state index contributed by atoms with van der Waals surface area (Å²) >= 11 is 0. The molecule has 0 fully saturated rings. The SMILES string of the molecule is CC(C)(C)CCCCOB(O)Oc1ccccc1.CC(C)(C)CCCCOB(O)Oc1ccccc1.CC(C)(C)CCCCOB([O-])Oc1ccccc1.CCCC[N+](CCCC)(CCCC)CCCC. The molecular formula is C58H104B3NO9. The summed E-state index contributed by atoms with van der Waals surface area (Å²) in [7, 11) is -3.79. The highest BCUT2D eigenvalue weighted by Gasteiger charge is 2.25. The molecule has 71 heavy (non-hydrogen) atoms. The van der Waals surface area contributed by atoms with Crippen molar-refractivity contribution in [1.29, 1.82) is 0 Å². The van der Waals surface area contributed by atoms with Crippen LogP contribution in [0, 0.1) is 16.2 Å². The van der Waals surface area contributed by atoms with Gasteiger partial charge in [-0.15, -0.1) is 0 Å². The lowest BCUT2D eigenvalue weighted by Gasteiger charge is -2.39. The van der Waals surface area contributed by atoms with Crippen molar-refractivity contribution in [1.82, 2.24) is 0 Å². The molecule has 0 atom stereocenters. The van der Waals surface area contributed by atoms with Crippen LogP contribution in [0.1, 0.15) is 199 Å². The van der Waals surface area contributed by atoms with E-state index < -0.39 is 22.0 Å². The molecule has 2 N–H and O–H groups in total. The molecule has 0 radical (unpaired) electrons. The van der Waals surface area contributed by atoms with Gasteiger partial charge in [0, 0.05) is 19.8 Å². The second-order valence-electron chi connectivity index (χ2n) is 22.5. The summed E-state index contributed by atoms with van der Waals surface area (Å²) in [6.45, 7) is 36.5. The van der Waals surface area contributed by atoms with Crippen molar-refractivity contribution in [2.45, 2.75) is 199 Å². The van der Waals surface area contributed by atoms with E-state index in [4.69, 9.17) is 27.9 Å². The zero-order valence-corrected chi connectivity index (χ0v) is 47.6. The molecule has 3 aromatic rings. The van der Waals surface area contributed by atoms with Crippen molar-refractivity contribution in [2.75, 3.05) is 46.0 Å². The van der Waals surface area contributed by atoms with Crippen molar-refractivity contribution in [3.05, 3.63) is 91.0 Å². The van der Waals surface area contributed by atoms with Crippen LogP contribution in [0.15, 0.2) is 91.0 Å². The average Bonchev–Trinajstić information content (AvgIpc) is 3.31. The van der Waals surface area contributed by atoms with Gasteiger partial charge in [0.15, 0.2) is 0 Å². The van der Waals surface area contributed by atoms with Crippen LogP contribution in [0.5, 0.6) is 17.2 Å². The fraction of sp³-hybridized carbons (Fsp3) is 0.690. The van der Waals surface area contributed by atoms with Gasteiger partial charge in [-0.2, -0.15) is 0 Å². The fourth-order valence-electron chi connectivity index (χ4n) is 7.41. The van der Waals surface area contributed by atoms with Gasteiger partial charge in [0.1, 0.15) is 11.5 Å². The maximum atomic E-state index is 11.4. The van der Waals surface area contributed by atoms with Crippen LogP contribution in [0.25, 0.3) is 0 Å². The summed E-state index contributed by atoms with van der Waals surface area (Å²) in [6, 6.07) is 27.3. The largest absolute Gasteiger partial charge is 0.820 e. The number of nitrogens with zero attached hydrogens (tertiary/aromatic N) is 1. The molecule has 3 rings (SSSR count). The third-order valence-corrected chi connectivity index (χ3v) is 11.6. The minimum absolute atomic E-state index is 0.345. The van der Waals surface area contributed by atoms with Gasteiger partial charge in [-0.1, -0.05) is 190 Å². The van der Waals surface area contributed by atoms with Crippen LogP contribution in [0.3, 0.4) is 0 Å². The number of hydrogen-bond acceptors (Lipinski definition) is 9. The number of benzene rings is 3. The summed E-state index contributed by atoms with van der Waals surface area (Å²) in [4.78, 5) is 0. The van der Waals surface area contributed by atoms with E-state index in [1.54, 1.807) is 36.4 Å². The molecule has 0 aliphatic heterocycles. The Balaban J connectivity index is 0.000000921. The van der Waals surface area contributed by atoms with Crippen LogP contribution in [0.2, 0.25) is 0 Å². The molecule has 0 spiro atoms. The highest BCUT2D eigenvalue weighted by Crippen LogP contribution is 2.24. The zero-order chi connectivity index (χ0) is 53.3. The maximum Gasteiger partial charge on any atom is 0.710 e. The topological polar surface area (TPSA) is 119 Å². The van der Waals surface area contributed by atoms with E-state index in [0.717, 1.165) is 57.8 Å². The van der Waals surface area contributed by atoms with Crippen LogP contribution >= 0.6 is 0 Å². The summed E-state index contributed by atoms with van der Waals surface area (Å²) < 4.78 is 32.4. The number of unbranched alkanes of at least 4 members (excludes halogenated alkanes) is 7. The number of quaternary nitrogens is 1. The Morgan fingerprint density at radius 2 is 0.662 bits per heavy atom. The van der Waals surface area contributed by atoms with Gasteiger partial charge in [0.25, 0.3) is 0 Å². The smallest absolute Gasteiger partial charge is 0.710 e. The lowest BCUT2D eigenvalue weighted by molar-refractivity contribution is -0.929. The van der Waals surface area contributed by atoms with Gasteiger partial charge in [0.2, 0.25) is 0 Å². The fourth-order valence-corrected chi connectivity index (χ4v) is 7.41. The second-order valence-corrected chi connectivity index (χ2v) is 22.5. The highest BCUT2D eigenvalue weighted by atomic mass is 16.7. The summed E-state index contributed by atoms with van der Waals surface area (Å²) in [5.74, 6) is 1.77. The van der Waals surface area contributed by atoms with E-state index in [9.17, 15) is 15.1 Å². The first-order valence-electron chi connectivity index (χ1n) is 27.5. The van der Waals surface area contributed by atoms with Gasteiger partial charge in [-0.3, -0.25) is 0 Å². The molecule has 3 aromatic carbocycles. The average molecular weight is 992 g/mol. The number of rotatable bonds is 33. The number of hydrogen-bond donors (Lipinski definition) is 2. The van der Waals surface area contributed by atoms with Gasteiger partial charge >= 0.3 is 22.0 Å². The summed E-state index contributed by atoms with van der Waals surface area (Å²) in [5.41, 5.74) is 1.07. The van der Waals surface area contributed by atoms with E-state index >= 15 is 0 Å². The Labute approximate surface area is 437 Å². The number of para-hydroxylation sites is 3. The Hall–Kier alpha value is -3.03. The van der Waals surface area contributed by atoms with Crippen LogP contribution < -0.4 is 19.0 Å². The van der Waals surface area contributed by atoms with E-state index in [-0.39, 0.29) is 0 Å². The molecule has 404 valence electrons. The molecule has 0 unspecified atom stereocenters. The molecule has 0 saturated heterocycles. The predicted octanol–water partition coefficient (Wildman–Crippen LogP) is 14.2. The molecule has 0 heterocycles. The Morgan fingerprint density at radius 3 is 0.930 bits per heavy atom. The molecule has 0 aliphatic carbocycles. The quantitative estimate of drug-likeness (QED) is 0.0349. The monoisotopic (exact) mass is 992 g/mol. The van der Waals surface area contributed by atoms with Crippen LogP contribution in [0.4, 0.5) is 0 Å².